The molecule has 0 aliphatic carbocycles. The summed E-state index contributed by atoms with van der Waals surface area (Å²) in [6.07, 6.45) is 4.97. The zero-order valence-corrected chi connectivity index (χ0v) is 16.7. The summed E-state index contributed by atoms with van der Waals surface area (Å²) in [5, 5.41) is 9.90. The maximum atomic E-state index is 13.0. The van der Waals surface area contributed by atoms with Crippen LogP contribution in [-0.4, -0.2) is 64.2 Å². The summed E-state index contributed by atoms with van der Waals surface area (Å²) in [6, 6.07) is 13.5. The summed E-state index contributed by atoms with van der Waals surface area (Å²) >= 11 is 0. The van der Waals surface area contributed by atoms with E-state index in [-0.39, 0.29) is 12.0 Å². The van der Waals surface area contributed by atoms with Crippen molar-refractivity contribution < 1.29 is 14.6 Å². The molecule has 2 aliphatic rings. The number of carbonyl (C=O) groups excluding carboxylic acids is 1. The molecule has 2 saturated heterocycles. The van der Waals surface area contributed by atoms with Crippen LogP contribution < -0.4 is 4.74 Å². The zero-order chi connectivity index (χ0) is 20.1. The second kappa shape index (κ2) is 9.37. The van der Waals surface area contributed by atoms with Crippen LogP contribution in [0.25, 0.3) is 0 Å². The molecule has 0 spiro atoms. The first kappa shape index (κ1) is 19.9. The van der Waals surface area contributed by atoms with Crippen LogP contribution in [0.2, 0.25) is 0 Å². The van der Waals surface area contributed by atoms with Gasteiger partial charge in [-0.25, -0.2) is 0 Å². The highest BCUT2D eigenvalue weighted by atomic mass is 16.5. The van der Waals surface area contributed by atoms with Gasteiger partial charge in [-0.1, -0.05) is 18.2 Å². The molecule has 1 atom stereocenters. The lowest BCUT2D eigenvalue weighted by atomic mass is 10.1. The Morgan fingerprint density at radius 1 is 1.07 bits per heavy atom. The third kappa shape index (κ3) is 5.14. The van der Waals surface area contributed by atoms with Crippen LogP contribution in [0.1, 0.15) is 41.7 Å². The lowest BCUT2D eigenvalue weighted by molar-refractivity contribution is 0.0463. The standard InChI is InChI=1S/C23H29N3O3/c27-19-7-5-13-26(17-19)23(28)21-8-1-2-9-22(21)29-20-10-14-25(15-11-20)16-18-6-3-4-12-24-18/h1-4,6,8-9,12,19-20,27H,5,7,10-11,13-17H2/t19-/m0/s1. The minimum absolute atomic E-state index is 0.0491. The quantitative estimate of drug-likeness (QED) is 0.843. The van der Waals surface area contributed by atoms with E-state index in [1.54, 1.807) is 4.90 Å². The Morgan fingerprint density at radius 3 is 2.62 bits per heavy atom. The Kier molecular flexibility index (Phi) is 6.42. The number of pyridine rings is 1. The van der Waals surface area contributed by atoms with Crippen molar-refractivity contribution in [3.8, 4) is 5.75 Å². The molecule has 6 nitrogen and oxygen atoms in total. The summed E-state index contributed by atoms with van der Waals surface area (Å²) in [4.78, 5) is 21.5. The number of ether oxygens (including phenoxy) is 1. The molecule has 2 fully saturated rings. The molecule has 154 valence electrons. The maximum Gasteiger partial charge on any atom is 0.257 e. The van der Waals surface area contributed by atoms with Gasteiger partial charge in [-0.3, -0.25) is 14.7 Å². The van der Waals surface area contributed by atoms with Crippen LogP contribution in [-0.2, 0) is 6.54 Å². The van der Waals surface area contributed by atoms with Crippen molar-refractivity contribution in [2.24, 2.45) is 0 Å². The lowest BCUT2D eigenvalue weighted by Gasteiger charge is -2.33. The van der Waals surface area contributed by atoms with Crippen LogP contribution in [0.15, 0.2) is 48.7 Å². The van der Waals surface area contributed by atoms with Gasteiger partial charge in [-0.05, 0) is 49.9 Å². The molecule has 29 heavy (non-hydrogen) atoms. The lowest BCUT2D eigenvalue weighted by Crippen LogP contribution is -2.42. The van der Waals surface area contributed by atoms with Crippen molar-refractivity contribution in [1.82, 2.24) is 14.8 Å². The number of para-hydroxylation sites is 1. The highest BCUT2D eigenvalue weighted by Gasteiger charge is 2.27. The van der Waals surface area contributed by atoms with Gasteiger partial charge in [0.2, 0.25) is 0 Å². The van der Waals surface area contributed by atoms with Crippen molar-refractivity contribution in [2.75, 3.05) is 26.2 Å². The molecule has 1 aromatic carbocycles. The summed E-state index contributed by atoms with van der Waals surface area (Å²) in [5.41, 5.74) is 1.68. The van der Waals surface area contributed by atoms with Crippen molar-refractivity contribution in [3.63, 3.8) is 0 Å². The molecule has 1 N–H and O–H groups in total. The van der Waals surface area contributed by atoms with Crippen LogP contribution in [0.5, 0.6) is 5.75 Å². The number of carbonyl (C=O) groups is 1. The summed E-state index contributed by atoms with van der Waals surface area (Å²) in [5.74, 6) is 0.604. The maximum absolute atomic E-state index is 13.0. The van der Waals surface area contributed by atoms with Crippen molar-refractivity contribution in [3.05, 3.63) is 59.9 Å². The fraction of sp³-hybridized carbons (Fsp3) is 0.478. The number of β-amino-alcohol motifs (C(OH)–C–C–N with tert-alkyl or cyclic N) is 1. The monoisotopic (exact) mass is 395 g/mol. The molecule has 1 amide bonds. The second-order valence-corrected chi connectivity index (χ2v) is 7.96. The molecule has 0 radical (unpaired) electrons. The highest BCUT2D eigenvalue weighted by molar-refractivity contribution is 5.97. The van der Waals surface area contributed by atoms with Crippen LogP contribution in [0.4, 0.5) is 0 Å². The first-order valence-electron chi connectivity index (χ1n) is 10.5. The second-order valence-electron chi connectivity index (χ2n) is 7.96. The predicted octanol–water partition coefficient (Wildman–Crippen LogP) is 2.72. The van der Waals surface area contributed by atoms with E-state index in [2.05, 4.69) is 16.0 Å². The van der Waals surface area contributed by atoms with E-state index in [0.29, 0.717) is 24.4 Å². The summed E-state index contributed by atoms with van der Waals surface area (Å²) in [6.45, 7) is 3.86. The largest absolute Gasteiger partial charge is 0.489 e. The minimum Gasteiger partial charge on any atom is -0.489 e. The van der Waals surface area contributed by atoms with E-state index in [1.807, 2.05) is 42.6 Å². The number of rotatable bonds is 5. The van der Waals surface area contributed by atoms with E-state index in [1.165, 1.54) is 0 Å². The van der Waals surface area contributed by atoms with Gasteiger partial charge < -0.3 is 14.7 Å². The SMILES string of the molecule is O=C(c1ccccc1OC1CCN(Cc2ccccn2)CC1)N1CCC[C@H](O)C1. The molecule has 0 unspecified atom stereocenters. The molecule has 0 bridgehead atoms. The first-order chi connectivity index (χ1) is 14.2. The molecule has 2 aliphatic heterocycles. The number of aromatic nitrogens is 1. The Bertz CT molecular complexity index is 806. The van der Waals surface area contributed by atoms with E-state index in [0.717, 1.165) is 51.0 Å². The number of hydrogen-bond acceptors (Lipinski definition) is 5. The van der Waals surface area contributed by atoms with E-state index < -0.39 is 6.10 Å². The smallest absolute Gasteiger partial charge is 0.257 e. The predicted molar refractivity (Wildman–Crippen MR) is 111 cm³/mol. The fourth-order valence-corrected chi connectivity index (χ4v) is 4.14. The Hall–Kier alpha value is -2.44. The highest BCUT2D eigenvalue weighted by Crippen LogP contribution is 2.26. The number of benzene rings is 1. The zero-order valence-electron chi connectivity index (χ0n) is 16.7. The van der Waals surface area contributed by atoms with Crippen molar-refractivity contribution in [2.45, 2.75) is 44.4 Å². The third-order valence-electron chi connectivity index (χ3n) is 5.74. The van der Waals surface area contributed by atoms with E-state index in [4.69, 9.17) is 4.74 Å². The van der Waals surface area contributed by atoms with Gasteiger partial charge in [0.1, 0.15) is 11.9 Å². The van der Waals surface area contributed by atoms with Gasteiger partial charge >= 0.3 is 0 Å². The van der Waals surface area contributed by atoms with Crippen molar-refractivity contribution >= 4 is 5.91 Å². The van der Waals surface area contributed by atoms with Gasteiger partial charge in [0.15, 0.2) is 0 Å². The normalized spacial score (nSPS) is 21.1. The Labute approximate surface area is 172 Å². The number of nitrogens with zero attached hydrogens (tertiary/aromatic N) is 3. The summed E-state index contributed by atoms with van der Waals surface area (Å²) < 4.78 is 6.27. The molecule has 3 heterocycles. The third-order valence-corrected chi connectivity index (χ3v) is 5.74. The number of aliphatic hydroxyl groups excluding tert-OH is 1. The molecule has 2 aromatic rings. The number of piperidine rings is 2. The molecule has 1 aromatic heterocycles. The van der Waals surface area contributed by atoms with Gasteiger partial charge in [-0.15, -0.1) is 0 Å². The Balaban J connectivity index is 1.35. The molecule has 0 saturated carbocycles. The van der Waals surface area contributed by atoms with Crippen LogP contribution in [0.3, 0.4) is 0 Å². The topological polar surface area (TPSA) is 65.9 Å². The van der Waals surface area contributed by atoms with Crippen molar-refractivity contribution in [1.29, 1.82) is 0 Å². The number of likely N-dealkylation sites (tertiary alicyclic amines) is 2. The van der Waals surface area contributed by atoms with Gasteiger partial charge in [0.05, 0.1) is 17.4 Å². The van der Waals surface area contributed by atoms with E-state index in [9.17, 15) is 9.90 Å². The number of amides is 1. The number of hydrogen-bond donors (Lipinski definition) is 1. The molecule has 4 rings (SSSR count). The van der Waals surface area contributed by atoms with Crippen LogP contribution in [0, 0.1) is 0 Å². The number of aliphatic hydroxyl groups is 1. The molecular weight excluding hydrogens is 366 g/mol. The summed E-state index contributed by atoms with van der Waals surface area (Å²) in [7, 11) is 0. The van der Waals surface area contributed by atoms with E-state index >= 15 is 0 Å². The Morgan fingerprint density at radius 2 is 1.86 bits per heavy atom. The average molecular weight is 396 g/mol. The van der Waals surface area contributed by atoms with Gasteiger partial charge in [0.25, 0.3) is 5.91 Å². The van der Waals surface area contributed by atoms with Crippen LogP contribution >= 0.6 is 0 Å². The average Bonchev–Trinajstić information content (AvgIpc) is 2.76. The minimum atomic E-state index is -0.427. The fourth-order valence-electron chi connectivity index (χ4n) is 4.14. The molecule has 6 heteroatoms. The van der Waals surface area contributed by atoms with Gasteiger partial charge in [-0.2, -0.15) is 0 Å². The first-order valence-corrected chi connectivity index (χ1v) is 10.5. The molecular formula is C23H29N3O3. The van der Waals surface area contributed by atoms with Gasteiger partial charge in [0, 0.05) is 38.9 Å².